The summed E-state index contributed by atoms with van der Waals surface area (Å²) in [5, 5.41) is 12.3. The van der Waals surface area contributed by atoms with Crippen molar-refractivity contribution in [2.45, 2.75) is 50.5 Å². The van der Waals surface area contributed by atoms with Crippen LogP contribution in [0.5, 0.6) is 0 Å². The number of fused-ring (bicyclic) bond motifs is 1. The summed E-state index contributed by atoms with van der Waals surface area (Å²) < 4.78 is 0. The van der Waals surface area contributed by atoms with Gasteiger partial charge in [0.1, 0.15) is 6.04 Å². The molecule has 0 aromatic heterocycles. The second kappa shape index (κ2) is 7.03. The van der Waals surface area contributed by atoms with E-state index in [1.54, 1.807) is 4.90 Å². The molecule has 0 aliphatic carbocycles. The Balaban J connectivity index is 1.57. The zero-order valence-corrected chi connectivity index (χ0v) is 15.1. The molecule has 3 aliphatic heterocycles. The van der Waals surface area contributed by atoms with Crippen LogP contribution >= 0.6 is 0 Å². The number of imide groups is 1. The molecule has 0 saturated carbocycles. The molecule has 0 spiro atoms. The number of hydrogen-bond donors (Lipinski definition) is 3. The standard InChI is InChI=1S/C19H24N4O4/c20-7-13-6-14(24)10-22(13)8-11-2-1-3-12-9-23(19(27)17(11)12)15-4-5-16(25)21-18(15)26/h1-3,13-15,24H,4-10,20H2,(H,21,25,26)/t13-,14-,15?/m0/s1. The zero-order chi connectivity index (χ0) is 19.1. The molecule has 3 atom stereocenters. The molecule has 1 unspecified atom stereocenters. The number of aliphatic hydroxyl groups excluding tert-OH is 1. The third-order valence-electron chi connectivity index (χ3n) is 5.79. The summed E-state index contributed by atoms with van der Waals surface area (Å²) in [6.45, 7) is 1.91. The number of carbonyl (C=O) groups is 3. The molecule has 2 saturated heterocycles. The number of likely N-dealkylation sites (tertiary alicyclic amines) is 1. The Kier molecular flexibility index (Phi) is 4.71. The molecule has 144 valence electrons. The zero-order valence-electron chi connectivity index (χ0n) is 15.1. The lowest BCUT2D eigenvalue weighted by Crippen LogP contribution is -2.52. The molecule has 0 bridgehead atoms. The number of nitrogens with two attached hydrogens (primary N) is 1. The smallest absolute Gasteiger partial charge is 0.255 e. The summed E-state index contributed by atoms with van der Waals surface area (Å²) >= 11 is 0. The van der Waals surface area contributed by atoms with Crippen molar-refractivity contribution in [3.8, 4) is 0 Å². The first-order valence-electron chi connectivity index (χ1n) is 9.35. The number of rotatable bonds is 4. The number of amides is 3. The molecular weight excluding hydrogens is 348 g/mol. The topological polar surface area (TPSA) is 116 Å². The van der Waals surface area contributed by atoms with Gasteiger partial charge < -0.3 is 15.7 Å². The Hall–Kier alpha value is -2.29. The van der Waals surface area contributed by atoms with Crippen molar-refractivity contribution < 1.29 is 19.5 Å². The van der Waals surface area contributed by atoms with Crippen LogP contribution in [-0.4, -0.2) is 63.9 Å². The molecule has 2 fully saturated rings. The Morgan fingerprint density at radius 3 is 2.81 bits per heavy atom. The van der Waals surface area contributed by atoms with Crippen molar-refractivity contribution in [1.82, 2.24) is 15.1 Å². The van der Waals surface area contributed by atoms with E-state index in [9.17, 15) is 19.5 Å². The molecule has 1 aromatic rings. The molecule has 4 rings (SSSR count). The van der Waals surface area contributed by atoms with Crippen LogP contribution < -0.4 is 11.1 Å². The van der Waals surface area contributed by atoms with Gasteiger partial charge in [0.15, 0.2) is 0 Å². The van der Waals surface area contributed by atoms with Gasteiger partial charge in [0, 0.05) is 44.2 Å². The van der Waals surface area contributed by atoms with Crippen LogP contribution in [0.15, 0.2) is 18.2 Å². The van der Waals surface area contributed by atoms with Crippen LogP contribution in [0.2, 0.25) is 0 Å². The maximum absolute atomic E-state index is 13.1. The van der Waals surface area contributed by atoms with Gasteiger partial charge in [0.25, 0.3) is 5.91 Å². The highest BCUT2D eigenvalue weighted by Crippen LogP contribution is 2.31. The minimum atomic E-state index is -0.610. The molecule has 8 nitrogen and oxygen atoms in total. The number of nitrogens with zero attached hydrogens (tertiary/aromatic N) is 2. The van der Waals surface area contributed by atoms with Gasteiger partial charge in [-0.05, 0) is 24.0 Å². The van der Waals surface area contributed by atoms with Crippen LogP contribution in [0.1, 0.15) is 40.7 Å². The van der Waals surface area contributed by atoms with Gasteiger partial charge in [-0.1, -0.05) is 18.2 Å². The third-order valence-corrected chi connectivity index (χ3v) is 5.79. The maximum Gasteiger partial charge on any atom is 0.255 e. The van der Waals surface area contributed by atoms with Gasteiger partial charge in [-0.15, -0.1) is 0 Å². The average Bonchev–Trinajstić information content (AvgIpc) is 3.15. The number of carbonyl (C=O) groups excluding carboxylic acids is 3. The van der Waals surface area contributed by atoms with E-state index in [-0.39, 0.29) is 24.3 Å². The van der Waals surface area contributed by atoms with Gasteiger partial charge in [0.2, 0.25) is 11.8 Å². The van der Waals surface area contributed by atoms with E-state index in [1.165, 1.54) is 0 Å². The van der Waals surface area contributed by atoms with Gasteiger partial charge in [0.05, 0.1) is 6.10 Å². The quantitative estimate of drug-likeness (QED) is 0.605. The lowest BCUT2D eigenvalue weighted by molar-refractivity contribution is -0.136. The summed E-state index contributed by atoms with van der Waals surface area (Å²) in [5.74, 6) is -0.861. The van der Waals surface area contributed by atoms with Crippen molar-refractivity contribution in [3.63, 3.8) is 0 Å². The Morgan fingerprint density at radius 2 is 2.07 bits per heavy atom. The molecule has 27 heavy (non-hydrogen) atoms. The highest BCUT2D eigenvalue weighted by atomic mass is 16.3. The van der Waals surface area contributed by atoms with Gasteiger partial charge in [-0.3, -0.25) is 24.6 Å². The number of β-amino-alcohol motifs (C(OH)–C–C–N with tert-alkyl or cyclic N) is 1. The number of hydrogen-bond acceptors (Lipinski definition) is 6. The van der Waals surface area contributed by atoms with Crippen LogP contribution in [0.3, 0.4) is 0 Å². The first-order valence-corrected chi connectivity index (χ1v) is 9.35. The Labute approximate surface area is 157 Å². The number of benzene rings is 1. The lowest BCUT2D eigenvalue weighted by atomic mass is 10.0. The van der Waals surface area contributed by atoms with Crippen molar-refractivity contribution >= 4 is 17.7 Å². The molecule has 3 aliphatic rings. The van der Waals surface area contributed by atoms with Gasteiger partial charge >= 0.3 is 0 Å². The predicted octanol–water partition coefficient (Wildman–Crippen LogP) is -0.658. The minimum absolute atomic E-state index is 0.0959. The highest BCUT2D eigenvalue weighted by molar-refractivity contribution is 6.05. The largest absolute Gasteiger partial charge is 0.392 e. The van der Waals surface area contributed by atoms with E-state index in [1.807, 2.05) is 18.2 Å². The number of aliphatic hydroxyl groups is 1. The molecule has 3 heterocycles. The highest BCUT2D eigenvalue weighted by Gasteiger charge is 2.40. The lowest BCUT2D eigenvalue weighted by Gasteiger charge is -2.29. The fourth-order valence-corrected chi connectivity index (χ4v) is 4.44. The fraction of sp³-hybridized carbons (Fsp3) is 0.526. The minimum Gasteiger partial charge on any atom is -0.392 e. The van der Waals surface area contributed by atoms with Crippen LogP contribution in [0, 0.1) is 0 Å². The molecule has 4 N–H and O–H groups in total. The molecule has 1 aromatic carbocycles. The number of piperidine rings is 1. The fourth-order valence-electron chi connectivity index (χ4n) is 4.44. The Bertz CT molecular complexity index is 796. The van der Waals surface area contributed by atoms with Crippen LogP contribution in [0.4, 0.5) is 0 Å². The SMILES string of the molecule is NC[C@@H]1C[C@H](O)CN1Cc1cccc2c1C(=O)N(C1CCC(=O)NC1=O)C2. The normalized spacial score (nSPS) is 28.6. The third kappa shape index (κ3) is 3.24. The summed E-state index contributed by atoms with van der Waals surface area (Å²) in [4.78, 5) is 40.4. The molecule has 0 radical (unpaired) electrons. The van der Waals surface area contributed by atoms with Crippen LogP contribution in [0.25, 0.3) is 0 Å². The van der Waals surface area contributed by atoms with Crippen molar-refractivity contribution in [2.24, 2.45) is 5.73 Å². The summed E-state index contributed by atoms with van der Waals surface area (Å²) in [6.07, 6.45) is 0.841. The van der Waals surface area contributed by atoms with E-state index >= 15 is 0 Å². The second-order valence-electron chi connectivity index (χ2n) is 7.56. The Morgan fingerprint density at radius 1 is 1.26 bits per heavy atom. The predicted molar refractivity (Wildman–Crippen MR) is 96.4 cm³/mol. The van der Waals surface area contributed by atoms with Crippen molar-refractivity contribution in [2.75, 3.05) is 13.1 Å². The van der Waals surface area contributed by atoms with Crippen molar-refractivity contribution in [3.05, 3.63) is 34.9 Å². The monoisotopic (exact) mass is 372 g/mol. The molecular formula is C19H24N4O4. The van der Waals surface area contributed by atoms with Gasteiger partial charge in [-0.25, -0.2) is 0 Å². The summed E-state index contributed by atoms with van der Waals surface area (Å²) in [5.41, 5.74) is 8.25. The molecule has 3 amide bonds. The first kappa shape index (κ1) is 18.1. The van der Waals surface area contributed by atoms with E-state index in [0.29, 0.717) is 44.6 Å². The average molecular weight is 372 g/mol. The van der Waals surface area contributed by atoms with Gasteiger partial charge in [-0.2, -0.15) is 0 Å². The second-order valence-corrected chi connectivity index (χ2v) is 7.56. The van der Waals surface area contributed by atoms with Crippen molar-refractivity contribution in [1.29, 1.82) is 0 Å². The summed E-state index contributed by atoms with van der Waals surface area (Å²) in [6, 6.07) is 5.23. The summed E-state index contributed by atoms with van der Waals surface area (Å²) in [7, 11) is 0. The first-order chi connectivity index (χ1) is 13.0. The van der Waals surface area contributed by atoms with E-state index in [4.69, 9.17) is 5.73 Å². The van der Waals surface area contributed by atoms with E-state index in [2.05, 4.69) is 10.2 Å². The molecule has 8 heteroatoms. The number of nitrogens with one attached hydrogen (secondary N) is 1. The van der Waals surface area contributed by atoms with E-state index in [0.717, 1.165) is 11.1 Å². The van der Waals surface area contributed by atoms with E-state index < -0.39 is 18.1 Å². The van der Waals surface area contributed by atoms with Crippen LogP contribution in [-0.2, 0) is 22.7 Å². The maximum atomic E-state index is 13.1.